The molecule has 23 heavy (non-hydrogen) atoms. The highest BCUT2D eigenvalue weighted by molar-refractivity contribution is 5.35. The van der Waals surface area contributed by atoms with Crippen LogP contribution >= 0.6 is 0 Å². The van der Waals surface area contributed by atoms with Crippen molar-refractivity contribution < 1.29 is 4.39 Å². The molecule has 1 aliphatic rings. The monoisotopic (exact) mass is 315 g/mol. The molecule has 0 radical (unpaired) electrons. The lowest BCUT2D eigenvalue weighted by Crippen LogP contribution is -2.34. The minimum Gasteiger partial charge on any atom is -0.365 e. The van der Waals surface area contributed by atoms with E-state index in [9.17, 15) is 9.18 Å². The van der Waals surface area contributed by atoms with Gasteiger partial charge in [0.1, 0.15) is 5.82 Å². The van der Waals surface area contributed by atoms with Gasteiger partial charge in [-0.25, -0.2) is 9.37 Å². The van der Waals surface area contributed by atoms with Crippen molar-refractivity contribution in [3.8, 4) is 0 Å². The molecule has 0 atom stereocenters. The highest BCUT2D eigenvalue weighted by atomic mass is 19.1. The number of aryl methyl sites for hydroxylation is 1. The number of nitrogens with one attached hydrogen (secondary N) is 1. The number of hydrogen-bond donors (Lipinski definition) is 1. The molecule has 0 amide bonds. The van der Waals surface area contributed by atoms with Gasteiger partial charge < -0.3 is 9.88 Å². The van der Waals surface area contributed by atoms with Crippen molar-refractivity contribution in [1.29, 1.82) is 0 Å². The predicted molar refractivity (Wildman–Crippen MR) is 89.2 cm³/mol. The van der Waals surface area contributed by atoms with Crippen LogP contribution in [0.3, 0.4) is 0 Å². The molecule has 122 valence electrons. The predicted octanol–water partition coefficient (Wildman–Crippen LogP) is 3.33. The average Bonchev–Trinajstić information content (AvgIpc) is 3.04. The molecule has 1 aromatic carbocycles. The molecule has 5 heteroatoms. The van der Waals surface area contributed by atoms with Gasteiger partial charge in [0.2, 0.25) is 0 Å². The molecule has 0 aliphatic heterocycles. The van der Waals surface area contributed by atoms with Crippen LogP contribution in [0.15, 0.2) is 41.5 Å². The second kappa shape index (κ2) is 6.52. The van der Waals surface area contributed by atoms with Crippen LogP contribution in [0.5, 0.6) is 0 Å². The van der Waals surface area contributed by atoms with E-state index in [-0.39, 0.29) is 16.8 Å². The summed E-state index contributed by atoms with van der Waals surface area (Å²) in [6, 6.07) is 6.76. The summed E-state index contributed by atoms with van der Waals surface area (Å²) >= 11 is 0. The van der Waals surface area contributed by atoms with Gasteiger partial charge >= 0.3 is 0 Å². The van der Waals surface area contributed by atoms with Gasteiger partial charge in [0.25, 0.3) is 5.56 Å². The molecule has 1 aliphatic carbocycles. The second-order valence-corrected chi connectivity index (χ2v) is 6.21. The van der Waals surface area contributed by atoms with Crippen LogP contribution < -0.4 is 10.9 Å². The Labute approximate surface area is 135 Å². The van der Waals surface area contributed by atoms with Crippen LogP contribution in [0.25, 0.3) is 0 Å². The molecule has 0 bridgehead atoms. The third-order valence-corrected chi connectivity index (χ3v) is 4.87. The summed E-state index contributed by atoms with van der Waals surface area (Å²) < 4.78 is 14.8. The van der Waals surface area contributed by atoms with E-state index in [0.717, 1.165) is 31.2 Å². The van der Waals surface area contributed by atoms with Gasteiger partial charge in [-0.1, -0.05) is 25.0 Å². The maximum absolute atomic E-state index is 13.2. The molecule has 0 spiro atoms. The molecular formula is C18H22FN3O. The zero-order valence-electron chi connectivity index (χ0n) is 13.4. The number of benzene rings is 1. The molecule has 0 unspecified atom stereocenters. The number of rotatable bonds is 5. The largest absolute Gasteiger partial charge is 0.365 e. The minimum absolute atomic E-state index is 0.0469. The van der Waals surface area contributed by atoms with Gasteiger partial charge in [-0.3, -0.25) is 4.79 Å². The Morgan fingerprint density at radius 3 is 2.61 bits per heavy atom. The van der Waals surface area contributed by atoms with Crippen LogP contribution in [-0.4, -0.2) is 16.1 Å². The number of anilines is 1. The SMILES string of the molecule is CCn1ccnc(NCC2(c3ccc(F)cc3)CCCC2)c1=O. The fraction of sp³-hybridized carbons (Fsp3) is 0.444. The first-order chi connectivity index (χ1) is 11.1. The Kier molecular flexibility index (Phi) is 4.46. The van der Waals surface area contributed by atoms with Gasteiger partial charge in [0.05, 0.1) is 0 Å². The summed E-state index contributed by atoms with van der Waals surface area (Å²) in [5, 5.41) is 3.25. The van der Waals surface area contributed by atoms with Crippen molar-refractivity contribution in [3.63, 3.8) is 0 Å². The zero-order valence-corrected chi connectivity index (χ0v) is 13.4. The summed E-state index contributed by atoms with van der Waals surface area (Å²) in [6.07, 6.45) is 7.73. The van der Waals surface area contributed by atoms with E-state index < -0.39 is 0 Å². The van der Waals surface area contributed by atoms with Crippen LogP contribution in [0, 0.1) is 5.82 Å². The third kappa shape index (κ3) is 3.14. The lowest BCUT2D eigenvalue weighted by Gasteiger charge is -2.30. The molecule has 2 aromatic rings. The lowest BCUT2D eigenvalue weighted by atomic mass is 9.79. The molecule has 4 nitrogen and oxygen atoms in total. The topological polar surface area (TPSA) is 46.9 Å². The highest BCUT2D eigenvalue weighted by Gasteiger charge is 2.35. The molecular weight excluding hydrogens is 293 g/mol. The van der Waals surface area contributed by atoms with Crippen molar-refractivity contribution in [2.45, 2.75) is 44.6 Å². The molecule has 1 fully saturated rings. The summed E-state index contributed by atoms with van der Waals surface area (Å²) in [4.78, 5) is 16.5. The van der Waals surface area contributed by atoms with Crippen molar-refractivity contribution in [2.24, 2.45) is 0 Å². The molecule has 1 saturated carbocycles. The lowest BCUT2D eigenvalue weighted by molar-refractivity contribution is 0.464. The Morgan fingerprint density at radius 1 is 1.26 bits per heavy atom. The van der Waals surface area contributed by atoms with Crippen molar-refractivity contribution in [3.05, 3.63) is 58.4 Å². The first kappa shape index (κ1) is 15.7. The van der Waals surface area contributed by atoms with E-state index in [1.54, 1.807) is 17.0 Å². The molecule has 1 aromatic heterocycles. The number of aromatic nitrogens is 2. The summed E-state index contributed by atoms with van der Waals surface area (Å²) in [7, 11) is 0. The Bertz CT molecular complexity index is 718. The quantitative estimate of drug-likeness (QED) is 0.920. The normalized spacial score (nSPS) is 16.4. The Balaban J connectivity index is 1.84. The summed E-state index contributed by atoms with van der Waals surface area (Å²) in [6.45, 7) is 3.20. The van der Waals surface area contributed by atoms with Crippen LogP contribution in [0.1, 0.15) is 38.2 Å². The molecule has 1 N–H and O–H groups in total. The van der Waals surface area contributed by atoms with E-state index in [2.05, 4.69) is 10.3 Å². The smallest absolute Gasteiger partial charge is 0.293 e. The highest BCUT2D eigenvalue weighted by Crippen LogP contribution is 2.41. The Morgan fingerprint density at radius 2 is 1.96 bits per heavy atom. The van der Waals surface area contributed by atoms with Crippen molar-refractivity contribution in [1.82, 2.24) is 9.55 Å². The van der Waals surface area contributed by atoms with Gasteiger partial charge in [0.15, 0.2) is 5.82 Å². The minimum atomic E-state index is -0.217. The molecule has 1 heterocycles. The van der Waals surface area contributed by atoms with Crippen LogP contribution in [0.4, 0.5) is 10.2 Å². The summed E-state index contributed by atoms with van der Waals surface area (Å²) in [5.74, 6) is 0.174. The van der Waals surface area contributed by atoms with Crippen molar-refractivity contribution in [2.75, 3.05) is 11.9 Å². The van der Waals surface area contributed by atoms with Gasteiger partial charge in [-0.05, 0) is 37.5 Å². The zero-order chi connectivity index (χ0) is 16.3. The van der Waals surface area contributed by atoms with Crippen LogP contribution in [-0.2, 0) is 12.0 Å². The number of nitrogens with zero attached hydrogens (tertiary/aromatic N) is 2. The van der Waals surface area contributed by atoms with E-state index >= 15 is 0 Å². The van der Waals surface area contributed by atoms with E-state index in [4.69, 9.17) is 0 Å². The van der Waals surface area contributed by atoms with E-state index in [1.807, 2.05) is 19.1 Å². The first-order valence-electron chi connectivity index (χ1n) is 8.20. The fourth-order valence-corrected chi connectivity index (χ4v) is 3.49. The fourth-order valence-electron chi connectivity index (χ4n) is 3.49. The van der Waals surface area contributed by atoms with Gasteiger partial charge in [0, 0.05) is 30.9 Å². The second-order valence-electron chi connectivity index (χ2n) is 6.21. The van der Waals surface area contributed by atoms with Crippen LogP contribution in [0.2, 0.25) is 0 Å². The Hall–Kier alpha value is -2.17. The number of hydrogen-bond acceptors (Lipinski definition) is 3. The average molecular weight is 315 g/mol. The number of halogens is 1. The van der Waals surface area contributed by atoms with Gasteiger partial charge in [-0.15, -0.1) is 0 Å². The summed E-state index contributed by atoms with van der Waals surface area (Å²) in [5.41, 5.74) is 0.993. The standard InChI is InChI=1S/C18H22FN3O/c1-2-22-12-11-20-16(17(22)23)21-13-18(9-3-4-10-18)14-5-7-15(19)8-6-14/h5-8,11-12H,2-4,9-10,13H2,1H3,(H,20,21). The van der Waals surface area contributed by atoms with Gasteiger partial charge in [-0.2, -0.15) is 0 Å². The third-order valence-electron chi connectivity index (χ3n) is 4.87. The van der Waals surface area contributed by atoms with E-state index in [0.29, 0.717) is 18.9 Å². The molecule has 3 rings (SSSR count). The van der Waals surface area contributed by atoms with Crippen molar-refractivity contribution >= 4 is 5.82 Å². The maximum atomic E-state index is 13.2. The molecule has 0 saturated heterocycles. The first-order valence-corrected chi connectivity index (χ1v) is 8.20. The van der Waals surface area contributed by atoms with E-state index in [1.165, 1.54) is 12.1 Å². The maximum Gasteiger partial charge on any atom is 0.293 e.